The molecule has 148 valence electrons. The Hall–Kier alpha value is -3.17. The van der Waals surface area contributed by atoms with Gasteiger partial charge < -0.3 is 4.90 Å². The van der Waals surface area contributed by atoms with Gasteiger partial charge in [0.05, 0.1) is 11.3 Å². The maximum Gasteiger partial charge on any atom is 0.296 e. The third-order valence-electron chi connectivity index (χ3n) is 4.98. The summed E-state index contributed by atoms with van der Waals surface area (Å²) in [7, 11) is 1.66. The molecule has 0 saturated carbocycles. The van der Waals surface area contributed by atoms with Crippen molar-refractivity contribution in [1.29, 1.82) is 0 Å². The SMILES string of the molecule is CN1C(=O)/C(=c2\sc3nc(=O)c(Cc4ccccc4)nn3c2=O)c2cc(Br)ccc21. The van der Waals surface area contributed by atoms with Crippen LogP contribution in [0.5, 0.6) is 0 Å². The molecule has 30 heavy (non-hydrogen) atoms. The first kappa shape index (κ1) is 18.8. The van der Waals surface area contributed by atoms with E-state index >= 15 is 0 Å². The van der Waals surface area contributed by atoms with Crippen LogP contribution in [0.4, 0.5) is 5.69 Å². The van der Waals surface area contributed by atoms with E-state index in [1.165, 1.54) is 4.90 Å². The Morgan fingerprint density at radius 2 is 1.83 bits per heavy atom. The molecule has 9 heteroatoms. The number of rotatable bonds is 2. The average molecular weight is 481 g/mol. The molecule has 0 atom stereocenters. The molecule has 0 fully saturated rings. The first-order chi connectivity index (χ1) is 14.4. The van der Waals surface area contributed by atoms with Gasteiger partial charge in [0.1, 0.15) is 10.2 Å². The van der Waals surface area contributed by atoms with E-state index < -0.39 is 11.1 Å². The van der Waals surface area contributed by atoms with Gasteiger partial charge in [0.25, 0.3) is 17.0 Å². The lowest BCUT2D eigenvalue weighted by atomic mass is 10.1. The molecule has 1 aliphatic heterocycles. The summed E-state index contributed by atoms with van der Waals surface area (Å²) in [5, 5.41) is 4.27. The molecule has 3 heterocycles. The molecule has 1 amide bonds. The van der Waals surface area contributed by atoms with E-state index in [2.05, 4.69) is 26.0 Å². The van der Waals surface area contributed by atoms with E-state index in [-0.39, 0.29) is 27.5 Å². The van der Waals surface area contributed by atoms with Crippen LogP contribution in [0.3, 0.4) is 0 Å². The van der Waals surface area contributed by atoms with Gasteiger partial charge in [0.15, 0.2) is 0 Å². The second-order valence-electron chi connectivity index (χ2n) is 6.86. The van der Waals surface area contributed by atoms with Crippen molar-refractivity contribution in [3.63, 3.8) is 0 Å². The molecular weight excluding hydrogens is 468 g/mol. The molecule has 0 unspecified atom stereocenters. The van der Waals surface area contributed by atoms with Gasteiger partial charge >= 0.3 is 0 Å². The van der Waals surface area contributed by atoms with Crippen LogP contribution in [0, 0.1) is 0 Å². The molecule has 0 N–H and O–H groups in total. The highest BCUT2D eigenvalue weighted by Crippen LogP contribution is 2.36. The first-order valence-electron chi connectivity index (χ1n) is 9.03. The van der Waals surface area contributed by atoms with Gasteiger partial charge in [-0.1, -0.05) is 57.6 Å². The van der Waals surface area contributed by atoms with Crippen LogP contribution in [-0.2, 0) is 11.2 Å². The fourth-order valence-corrected chi connectivity index (χ4v) is 4.86. The van der Waals surface area contributed by atoms with Crippen LogP contribution < -0.4 is 20.6 Å². The fraction of sp³-hybridized carbons (Fsp3) is 0.0952. The monoisotopic (exact) mass is 480 g/mol. The predicted molar refractivity (Wildman–Crippen MR) is 118 cm³/mol. The fourth-order valence-electron chi connectivity index (χ4n) is 3.51. The minimum absolute atomic E-state index is 0.170. The van der Waals surface area contributed by atoms with Gasteiger partial charge in [-0.05, 0) is 23.8 Å². The highest BCUT2D eigenvalue weighted by atomic mass is 79.9. The number of aromatic nitrogens is 3. The smallest absolute Gasteiger partial charge is 0.296 e. The number of halogens is 1. The van der Waals surface area contributed by atoms with Crippen molar-refractivity contribution in [1.82, 2.24) is 14.6 Å². The van der Waals surface area contributed by atoms with E-state index in [1.54, 1.807) is 13.1 Å². The number of benzene rings is 2. The number of nitrogens with zero attached hydrogens (tertiary/aromatic N) is 4. The van der Waals surface area contributed by atoms with Crippen LogP contribution >= 0.6 is 27.3 Å². The normalized spacial score (nSPS) is 15.1. The minimum Gasteiger partial charge on any atom is -0.311 e. The van der Waals surface area contributed by atoms with Crippen molar-refractivity contribution in [3.05, 3.63) is 95.1 Å². The quantitative estimate of drug-likeness (QED) is 0.436. The first-order valence-corrected chi connectivity index (χ1v) is 10.6. The summed E-state index contributed by atoms with van der Waals surface area (Å²) in [6.07, 6.45) is 0.272. The van der Waals surface area contributed by atoms with Crippen molar-refractivity contribution in [3.8, 4) is 0 Å². The maximum absolute atomic E-state index is 13.1. The predicted octanol–water partition coefficient (Wildman–Crippen LogP) is 1.76. The summed E-state index contributed by atoms with van der Waals surface area (Å²) >= 11 is 4.42. The summed E-state index contributed by atoms with van der Waals surface area (Å²) in [5.74, 6) is -0.279. The van der Waals surface area contributed by atoms with Gasteiger partial charge in [-0.25, -0.2) is 0 Å². The number of hydrogen-bond donors (Lipinski definition) is 0. The van der Waals surface area contributed by atoms with E-state index in [1.807, 2.05) is 42.5 Å². The average Bonchev–Trinajstić information content (AvgIpc) is 3.16. The Bertz CT molecular complexity index is 1510. The zero-order chi connectivity index (χ0) is 21.0. The molecule has 1 aliphatic rings. The maximum atomic E-state index is 13.1. The zero-order valence-corrected chi connectivity index (χ0v) is 18.0. The number of fused-ring (bicyclic) bond motifs is 2. The topological polar surface area (TPSA) is 84.6 Å². The molecule has 0 spiro atoms. The zero-order valence-electron chi connectivity index (χ0n) is 15.6. The Balaban J connectivity index is 1.76. The molecule has 4 aromatic rings. The lowest BCUT2D eigenvalue weighted by Gasteiger charge is -2.08. The van der Waals surface area contributed by atoms with Gasteiger partial charge in [0, 0.05) is 23.5 Å². The standard InChI is InChI=1S/C21H13BrN4O3S/c1-25-15-8-7-12(22)10-13(15)16(19(25)28)17-20(29)26-21(30-17)23-18(27)14(24-26)9-11-5-3-2-4-6-11/h2-8,10H,9H2,1H3/b17-16-. The number of hydrogen-bond acceptors (Lipinski definition) is 6. The number of thiazole rings is 1. The lowest BCUT2D eigenvalue weighted by molar-refractivity contribution is -0.112. The van der Waals surface area contributed by atoms with Gasteiger partial charge in [-0.15, -0.1) is 0 Å². The van der Waals surface area contributed by atoms with Crippen LogP contribution in [0.1, 0.15) is 16.8 Å². The highest BCUT2D eigenvalue weighted by molar-refractivity contribution is 9.10. The Morgan fingerprint density at radius 3 is 2.60 bits per heavy atom. The Morgan fingerprint density at radius 1 is 1.07 bits per heavy atom. The molecule has 0 saturated heterocycles. The summed E-state index contributed by atoms with van der Waals surface area (Å²) in [5.41, 5.74) is 1.82. The van der Waals surface area contributed by atoms with Crippen molar-refractivity contribution in [2.45, 2.75) is 6.42 Å². The number of carbonyl (C=O) groups is 1. The van der Waals surface area contributed by atoms with E-state index in [4.69, 9.17) is 0 Å². The van der Waals surface area contributed by atoms with Crippen LogP contribution in [-0.4, -0.2) is 27.6 Å². The van der Waals surface area contributed by atoms with Crippen molar-refractivity contribution in [2.75, 3.05) is 11.9 Å². The molecule has 0 bridgehead atoms. The largest absolute Gasteiger partial charge is 0.311 e. The summed E-state index contributed by atoms with van der Waals surface area (Å²) in [4.78, 5) is 44.3. The van der Waals surface area contributed by atoms with Gasteiger partial charge in [-0.2, -0.15) is 14.6 Å². The van der Waals surface area contributed by atoms with Crippen LogP contribution in [0.2, 0.25) is 0 Å². The van der Waals surface area contributed by atoms with Crippen molar-refractivity contribution in [2.24, 2.45) is 0 Å². The molecule has 0 radical (unpaired) electrons. The number of amides is 1. The van der Waals surface area contributed by atoms with Gasteiger partial charge in [0.2, 0.25) is 4.96 Å². The van der Waals surface area contributed by atoms with E-state index in [0.29, 0.717) is 11.1 Å². The molecule has 2 aromatic heterocycles. The van der Waals surface area contributed by atoms with E-state index in [9.17, 15) is 14.4 Å². The second-order valence-corrected chi connectivity index (χ2v) is 8.75. The Labute approximate surface area is 182 Å². The molecule has 7 nitrogen and oxygen atoms in total. The third kappa shape index (κ3) is 2.89. The number of anilines is 1. The summed E-state index contributed by atoms with van der Waals surface area (Å²) < 4.78 is 2.14. The third-order valence-corrected chi connectivity index (χ3v) is 6.50. The van der Waals surface area contributed by atoms with Crippen molar-refractivity contribution >= 4 is 49.4 Å². The second kappa shape index (κ2) is 6.96. The molecular formula is C21H13BrN4O3S. The summed E-state index contributed by atoms with van der Waals surface area (Å²) in [6, 6.07) is 14.8. The minimum atomic E-state index is -0.477. The van der Waals surface area contributed by atoms with Crippen LogP contribution in [0.25, 0.3) is 10.5 Å². The molecule has 0 aliphatic carbocycles. The van der Waals surface area contributed by atoms with E-state index in [0.717, 1.165) is 31.6 Å². The molecule has 5 rings (SSSR count). The number of likely N-dealkylation sites (N-methyl/N-ethyl adjacent to an activating group) is 1. The molecule has 2 aromatic carbocycles. The highest BCUT2D eigenvalue weighted by Gasteiger charge is 2.32. The summed E-state index contributed by atoms with van der Waals surface area (Å²) in [6.45, 7) is 0. The number of carbonyl (C=O) groups excluding carboxylic acids is 1. The van der Waals surface area contributed by atoms with Crippen molar-refractivity contribution < 1.29 is 4.79 Å². The van der Waals surface area contributed by atoms with Crippen LogP contribution in [0.15, 0.2) is 62.6 Å². The Kier molecular flexibility index (Phi) is 4.37. The van der Waals surface area contributed by atoms with Gasteiger partial charge in [-0.3, -0.25) is 14.4 Å². The lowest BCUT2D eigenvalue weighted by Crippen LogP contribution is -2.32.